The summed E-state index contributed by atoms with van der Waals surface area (Å²) in [6, 6.07) is 0. The molecule has 1 aromatic rings. The summed E-state index contributed by atoms with van der Waals surface area (Å²) >= 11 is 5.74. The molecule has 10 heavy (non-hydrogen) atoms. The van der Waals surface area contributed by atoms with Gasteiger partial charge in [0.1, 0.15) is 0 Å². The lowest BCUT2D eigenvalue weighted by Crippen LogP contribution is -2.11. The average Bonchev–Trinajstić information content (AvgIpc) is 2.20. The van der Waals surface area contributed by atoms with Gasteiger partial charge in [0.2, 0.25) is 0 Å². The van der Waals surface area contributed by atoms with Gasteiger partial charge in [-0.05, 0) is 6.92 Å². The van der Waals surface area contributed by atoms with E-state index in [0.29, 0.717) is 11.6 Å². The molecule has 0 aliphatic heterocycles. The molecule has 1 heterocycles. The molecule has 0 saturated carbocycles. The van der Waals surface area contributed by atoms with E-state index in [1.54, 1.807) is 10.9 Å². The second-order valence-corrected chi connectivity index (χ2v) is 2.50. The molecule has 0 amide bonds. The Hall–Kier alpha value is -0.540. The molecule has 56 valence electrons. The molecule has 0 bridgehead atoms. The van der Waals surface area contributed by atoms with Crippen molar-refractivity contribution >= 4 is 11.6 Å². The molecule has 0 radical (unpaired) electrons. The van der Waals surface area contributed by atoms with Crippen LogP contribution in [0.4, 0.5) is 0 Å². The van der Waals surface area contributed by atoms with E-state index >= 15 is 0 Å². The van der Waals surface area contributed by atoms with Crippen molar-refractivity contribution in [3.63, 3.8) is 0 Å². The summed E-state index contributed by atoms with van der Waals surface area (Å²) in [7, 11) is 0. The van der Waals surface area contributed by atoms with E-state index in [1.165, 1.54) is 0 Å². The van der Waals surface area contributed by atoms with Gasteiger partial charge in [-0.2, -0.15) is 5.10 Å². The number of nitrogens with two attached hydrogens (primary N) is 1. The minimum atomic E-state index is 0.596. The van der Waals surface area contributed by atoms with Gasteiger partial charge in [-0.15, -0.1) is 0 Å². The maximum Gasteiger partial charge on any atom is 0.0814 e. The van der Waals surface area contributed by atoms with Crippen molar-refractivity contribution in [3.8, 4) is 0 Å². The summed E-state index contributed by atoms with van der Waals surface area (Å²) in [5.41, 5.74) is 6.31. The predicted octanol–water partition coefficient (Wildman–Crippen LogP) is 0.804. The summed E-state index contributed by atoms with van der Waals surface area (Å²) < 4.78 is 1.79. The van der Waals surface area contributed by atoms with Gasteiger partial charge in [-0.1, -0.05) is 11.6 Å². The summed E-state index contributed by atoms with van der Waals surface area (Å²) in [5, 5.41) is 4.71. The zero-order chi connectivity index (χ0) is 7.56. The Morgan fingerprint density at radius 1 is 1.80 bits per heavy atom. The van der Waals surface area contributed by atoms with Crippen LogP contribution in [0.15, 0.2) is 6.20 Å². The molecule has 3 nitrogen and oxygen atoms in total. The second-order valence-electron chi connectivity index (χ2n) is 2.09. The highest BCUT2D eigenvalue weighted by molar-refractivity contribution is 6.31. The number of halogens is 1. The predicted molar refractivity (Wildman–Crippen MR) is 41.0 cm³/mol. The molecule has 0 fully saturated rings. The lowest BCUT2D eigenvalue weighted by Gasteiger charge is -1.99. The number of hydrogen-bond acceptors (Lipinski definition) is 2. The van der Waals surface area contributed by atoms with Crippen LogP contribution in [-0.2, 0) is 6.54 Å². The molecule has 1 aromatic heterocycles. The molecule has 2 N–H and O–H groups in total. The smallest absolute Gasteiger partial charge is 0.0814 e. The lowest BCUT2D eigenvalue weighted by molar-refractivity contribution is 0.608. The van der Waals surface area contributed by atoms with E-state index in [1.807, 2.05) is 6.92 Å². The first kappa shape index (κ1) is 7.57. The normalized spacial score (nSPS) is 10.3. The number of hydrogen-bond donors (Lipinski definition) is 1. The van der Waals surface area contributed by atoms with Gasteiger partial charge >= 0.3 is 0 Å². The number of rotatable bonds is 2. The minimum Gasteiger partial charge on any atom is -0.329 e. The summed E-state index contributed by atoms with van der Waals surface area (Å²) in [5.74, 6) is 0. The van der Waals surface area contributed by atoms with Crippen LogP contribution in [0.2, 0.25) is 5.02 Å². The molecular weight excluding hydrogens is 150 g/mol. The zero-order valence-corrected chi connectivity index (χ0v) is 6.60. The molecule has 0 spiro atoms. The Morgan fingerprint density at radius 2 is 2.50 bits per heavy atom. The third-order valence-corrected chi connectivity index (χ3v) is 1.76. The topological polar surface area (TPSA) is 43.8 Å². The fraction of sp³-hybridized carbons (Fsp3) is 0.500. The molecule has 0 atom stereocenters. The average molecular weight is 160 g/mol. The van der Waals surface area contributed by atoms with Crippen LogP contribution in [-0.4, -0.2) is 16.3 Å². The van der Waals surface area contributed by atoms with E-state index in [0.717, 1.165) is 12.2 Å². The summed E-state index contributed by atoms with van der Waals surface area (Å²) in [6.45, 7) is 3.25. The third kappa shape index (κ3) is 1.30. The van der Waals surface area contributed by atoms with E-state index in [4.69, 9.17) is 17.3 Å². The van der Waals surface area contributed by atoms with Crippen LogP contribution in [0.5, 0.6) is 0 Å². The van der Waals surface area contributed by atoms with Crippen LogP contribution in [0.25, 0.3) is 0 Å². The Labute approximate surface area is 64.8 Å². The van der Waals surface area contributed by atoms with Crippen molar-refractivity contribution in [2.75, 3.05) is 6.54 Å². The quantitative estimate of drug-likeness (QED) is 0.694. The Bertz CT molecular complexity index is 219. The molecule has 0 aromatic carbocycles. The molecule has 1 rings (SSSR count). The van der Waals surface area contributed by atoms with Gasteiger partial charge in [0.15, 0.2) is 0 Å². The highest BCUT2D eigenvalue weighted by Gasteiger charge is 2.00. The molecule has 4 heteroatoms. The maximum atomic E-state index is 5.74. The largest absolute Gasteiger partial charge is 0.329 e. The SMILES string of the molecule is Cc1c(Cl)cnn1CCN. The fourth-order valence-corrected chi connectivity index (χ4v) is 0.913. The first-order valence-corrected chi connectivity index (χ1v) is 3.51. The monoisotopic (exact) mass is 159 g/mol. The van der Waals surface area contributed by atoms with Crippen LogP contribution >= 0.6 is 11.6 Å². The molecule has 0 unspecified atom stereocenters. The second kappa shape index (κ2) is 3.03. The van der Waals surface area contributed by atoms with Crippen molar-refractivity contribution < 1.29 is 0 Å². The number of nitrogens with zero attached hydrogens (tertiary/aromatic N) is 2. The Balaban J connectivity index is 2.83. The highest BCUT2D eigenvalue weighted by Crippen LogP contribution is 2.12. The Morgan fingerprint density at radius 3 is 2.90 bits per heavy atom. The van der Waals surface area contributed by atoms with Gasteiger partial charge in [-0.25, -0.2) is 0 Å². The fourth-order valence-electron chi connectivity index (χ4n) is 0.771. The van der Waals surface area contributed by atoms with E-state index < -0.39 is 0 Å². The molecule has 0 aliphatic carbocycles. The summed E-state index contributed by atoms with van der Waals surface area (Å²) in [6.07, 6.45) is 1.63. The third-order valence-electron chi connectivity index (χ3n) is 1.38. The van der Waals surface area contributed by atoms with E-state index in [-0.39, 0.29) is 0 Å². The zero-order valence-electron chi connectivity index (χ0n) is 5.84. The van der Waals surface area contributed by atoms with Crippen molar-refractivity contribution in [2.24, 2.45) is 5.73 Å². The van der Waals surface area contributed by atoms with Crippen LogP contribution < -0.4 is 5.73 Å². The molecular formula is C6H10ClN3. The molecule has 0 saturated heterocycles. The van der Waals surface area contributed by atoms with Crippen molar-refractivity contribution in [2.45, 2.75) is 13.5 Å². The maximum absolute atomic E-state index is 5.74. The first-order valence-electron chi connectivity index (χ1n) is 3.13. The molecule has 0 aliphatic rings. The number of aromatic nitrogens is 2. The Kier molecular flexibility index (Phi) is 2.29. The van der Waals surface area contributed by atoms with E-state index in [2.05, 4.69) is 5.10 Å². The van der Waals surface area contributed by atoms with Crippen molar-refractivity contribution in [1.82, 2.24) is 9.78 Å². The van der Waals surface area contributed by atoms with Gasteiger partial charge in [0.05, 0.1) is 23.5 Å². The van der Waals surface area contributed by atoms with Crippen LogP contribution in [0.1, 0.15) is 5.69 Å². The van der Waals surface area contributed by atoms with Crippen molar-refractivity contribution in [3.05, 3.63) is 16.9 Å². The minimum absolute atomic E-state index is 0.596. The van der Waals surface area contributed by atoms with Gasteiger partial charge in [0.25, 0.3) is 0 Å². The standard InChI is InChI=1S/C6H10ClN3/c1-5-6(7)4-9-10(5)3-2-8/h4H,2-3,8H2,1H3. The van der Waals surface area contributed by atoms with Crippen LogP contribution in [0, 0.1) is 6.92 Å². The van der Waals surface area contributed by atoms with Crippen LogP contribution in [0.3, 0.4) is 0 Å². The van der Waals surface area contributed by atoms with Gasteiger partial charge in [-0.3, -0.25) is 4.68 Å². The highest BCUT2D eigenvalue weighted by atomic mass is 35.5. The lowest BCUT2D eigenvalue weighted by atomic mass is 10.5. The first-order chi connectivity index (χ1) is 4.75. The van der Waals surface area contributed by atoms with Gasteiger partial charge in [0, 0.05) is 6.54 Å². The summed E-state index contributed by atoms with van der Waals surface area (Å²) in [4.78, 5) is 0. The van der Waals surface area contributed by atoms with Gasteiger partial charge < -0.3 is 5.73 Å². The van der Waals surface area contributed by atoms with E-state index in [9.17, 15) is 0 Å². The van der Waals surface area contributed by atoms with Crippen molar-refractivity contribution in [1.29, 1.82) is 0 Å².